The van der Waals surface area contributed by atoms with E-state index in [9.17, 15) is 9.18 Å². The number of rotatable bonds is 4. The maximum atomic E-state index is 13.3. The van der Waals surface area contributed by atoms with E-state index in [1.54, 1.807) is 6.07 Å². The van der Waals surface area contributed by atoms with Crippen molar-refractivity contribution in [2.75, 3.05) is 13.1 Å². The molecule has 3 rings (SSSR count). The third kappa shape index (κ3) is 3.62. The van der Waals surface area contributed by atoms with Crippen LogP contribution in [0.4, 0.5) is 4.39 Å². The highest BCUT2D eigenvalue weighted by molar-refractivity contribution is 5.81. The van der Waals surface area contributed by atoms with Crippen molar-refractivity contribution < 1.29 is 9.18 Å². The van der Waals surface area contributed by atoms with Crippen molar-refractivity contribution in [3.63, 3.8) is 0 Å². The molecule has 1 aromatic rings. The van der Waals surface area contributed by atoms with Gasteiger partial charge < -0.3 is 10.2 Å². The Morgan fingerprint density at radius 3 is 2.67 bits per heavy atom. The first-order valence-electron chi connectivity index (χ1n) is 7.90. The van der Waals surface area contributed by atoms with E-state index in [2.05, 4.69) is 5.32 Å². The summed E-state index contributed by atoms with van der Waals surface area (Å²) in [6.45, 7) is 4.42. The highest BCUT2D eigenvalue weighted by atomic mass is 19.1. The second-order valence-electron chi connectivity index (χ2n) is 6.33. The number of piperidine rings is 1. The highest BCUT2D eigenvalue weighted by Gasteiger charge is 2.34. The summed E-state index contributed by atoms with van der Waals surface area (Å²) in [5, 5.41) is 3.51. The summed E-state index contributed by atoms with van der Waals surface area (Å²) in [5.41, 5.74) is 2.14. The topological polar surface area (TPSA) is 32.3 Å². The van der Waals surface area contributed by atoms with Gasteiger partial charge in [-0.05, 0) is 55.9 Å². The molecule has 1 heterocycles. The molecule has 0 atom stereocenters. The summed E-state index contributed by atoms with van der Waals surface area (Å²) in [4.78, 5) is 14.0. The zero-order chi connectivity index (χ0) is 14.8. The Balaban J connectivity index is 1.47. The zero-order valence-corrected chi connectivity index (χ0v) is 12.6. The van der Waals surface area contributed by atoms with Crippen LogP contribution in [-0.4, -0.2) is 29.9 Å². The van der Waals surface area contributed by atoms with Gasteiger partial charge in [0.2, 0.25) is 5.91 Å². The molecule has 1 aromatic carbocycles. The first kappa shape index (κ1) is 14.5. The fourth-order valence-corrected chi connectivity index (χ4v) is 2.98. The van der Waals surface area contributed by atoms with Crippen LogP contribution in [0.3, 0.4) is 0 Å². The van der Waals surface area contributed by atoms with Gasteiger partial charge in [-0.25, -0.2) is 4.39 Å². The Hall–Kier alpha value is -1.42. The molecule has 0 spiro atoms. The molecule has 0 bridgehead atoms. The van der Waals surface area contributed by atoms with Crippen LogP contribution in [0.1, 0.15) is 36.8 Å². The Kier molecular flexibility index (Phi) is 4.24. The predicted molar refractivity (Wildman–Crippen MR) is 80.3 cm³/mol. The van der Waals surface area contributed by atoms with Crippen molar-refractivity contribution >= 4 is 5.91 Å². The lowest BCUT2D eigenvalue weighted by molar-refractivity contribution is -0.133. The second-order valence-corrected chi connectivity index (χ2v) is 6.33. The van der Waals surface area contributed by atoms with E-state index in [1.165, 1.54) is 6.07 Å². The smallest absolute Gasteiger partial charge is 0.225 e. The minimum absolute atomic E-state index is 0.178. The van der Waals surface area contributed by atoms with E-state index in [4.69, 9.17) is 0 Å². The van der Waals surface area contributed by atoms with Crippen molar-refractivity contribution in [1.29, 1.82) is 0 Å². The molecular formula is C17H23FN2O. The molecule has 2 aliphatic rings. The lowest BCUT2D eigenvalue weighted by Crippen LogP contribution is -2.45. The highest BCUT2D eigenvalue weighted by Crippen LogP contribution is 2.31. The van der Waals surface area contributed by atoms with E-state index in [0.717, 1.165) is 49.9 Å². The van der Waals surface area contributed by atoms with Gasteiger partial charge in [0, 0.05) is 31.6 Å². The zero-order valence-electron chi connectivity index (χ0n) is 12.6. The standard InChI is InChI=1S/C17H23FN2O/c1-12-2-5-15(18)10-14(12)11-19-16-6-8-20(9-7-16)17(21)13-3-4-13/h2,5,10,13,16,19H,3-4,6-9,11H2,1H3. The molecule has 0 unspecified atom stereocenters. The van der Waals surface area contributed by atoms with E-state index >= 15 is 0 Å². The largest absolute Gasteiger partial charge is 0.342 e. The quantitative estimate of drug-likeness (QED) is 0.924. The molecule has 1 saturated carbocycles. The van der Waals surface area contributed by atoms with Crippen LogP contribution in [0, 0.1) is 18.7 Å². The number of hydrogen-bond acceptors (Lipinski definition) is 2. The SMILES string of the molecule is Cc1ccc(F)cc1CNC1CCN(C(=O)C2CC2)CC1. The van der Waals surface area contributed by atoms with E-state index in [1.807, 2.05) is 17.9 Å². The van der Waals surface area contributed by atoms with Crippen LogP contribution in [0.2, 0.25) is 0 Å². The maximum Gasteiger partial charge on any atom is 0.225 e. The number of likely N-dealkylation sites (tertiary alicyclic amines) is 1. The second kappa shape index (κ2) is 6.14. The van der Waals surface area contributed by atoms with Crippen molar-refractivity contribution in [3.8, 4) is 0 Å². The first-order valence-corrected chi connectivity index (χ1v) is 7.90. The molecule has 21 heavy (non-hydrogen) atoms. The molecule has 1 amide bonds. The molecular weight excluding hydrogens is 267 g/mol. The molecule has 1 N–H and O–H groups in total. The number of aryl methyl sites for hydroxylation is 1. The van der Waals surface area contributed by atoms with Gasteiger partial charge in [-0.15, -0.1) is 0 Å². The number of nitrogens with zero attached hydrogens (tertiary/aromatic N) is 1. The lowest BCUT2D eigenvalue weighted by atomic mass is 10.0. The van der Waals surface area contributed by atoms with Crippen molar-refractivity contribution in [2.24, 2.45) is 5.92 Å². The maximum absolute atomic E-state index is 13.3. The summed E-state index contributed by atoms with van der Waals surface area (Å²) >= 11 is 0. The van der Waals surface area contributed by atoms with Gasteiger partial charge in [0.1, 0.15) is 5.82 Å². The molecule has 114 valence electrons. The number of amides is 1. The van der Waals surface area contributed by atoms with Crippen molar-refractivity contribution in [3.05, 3.63) is 35.1 Å². The Morgan fingerprint density at radius 2 is 2.00 bits per heavy atom. The summed E-state index contributed by atoms with van der Waals surface area (Å²) in [6.07, 6.45) is 4.14. The van der Waals surface area contributed by atoms with Crippen LogP contribution in [0.5, 0.6) is 0 Å². The van der Waals surface area contributed by atoms with E-state index in [0.29, 0.717) is 24.4 Å². The van der Waals surface area contributed by atoms with E-state index < -0.39 is 0 Å². The monoisotopic (exact) mass is 290 g/mol. The van der Waals surface area contributed by atoms with Gasteiger partial charge in [0.25, 0.3) is 0 Å². The number of hydrogen-bond donors (Lipinski definition) is 1. The first-order chi connectivity index (χ1) is 10.1. The lowest BCUT2D eigenvalue weighted by Gasteiger charge is -2.32. The van der Waals surface area contributed by atoms with Gasteiger partial charge >= 0.3 is 0 Å². The minimum atomic E-state index is -0.178. The number of halogens is 1. The summed E-state index contributed by atoms with van der Waals surface area (Å²) in [5.74, 6) is 0.501. The van der Waals surface area contributed by atoms with Crippen LogP contribution in [0.15, 0.2) is 18.2 Å². The van der Waals surface area contributed by atoms with Crippen LogP contribution in [-0.2, 0) is 11.3 Å². The number of carbonyl (C=O) groups excluding carboxylic acids is 1. The molecule has 1 saturated heterocycles. The van der Waals surface area contributed by atoms with Crippen molar-refractivity contribution in [1.82, 2.24) is 10.2 Å². The van der Waals surface area contributed by atoms with Gasteiger partial charge in [-0.3, -0.25) is 4.79 Å². The predicted octanol–water partition coefficient (Wildman–Crippen LogP) is 2.62. The minimum Gasteiger partial charge on any atom is -0.342 e. The third-order valence-corrected chi connectivity index (χ3v) is 4.63. The molecule has 0 radical (unpaired) electrons. The fraction of sp³-hybridized carbons (Fsp3) is 0.588. The van der Waals surface area contributed by atoms with Gasteiger partial charge in [-0.2, -0.15) is 0 Å². The van der Waals surface area contributed by atoms with Crippen LogP contribution >= 0.6 is 0 Å². The number of carbonyl (C=O) groups is 1. The summed E-state index contributed by atoms with van der Waals surface area (Å²) in [7, 11) is 0. The third-order valence-electron chi connectivity index (χ3n) is 4.63. The Labute approximate surface area is 125 Å². The summed E-state index contributed by atoms with van der Waals surface area (Å²) in [6, 6.07) is 5.36. The molecule has 2 fully saturated rings. The Bertz CT molecular complexity index is 520. The summed E-state index contributed by atoms with van der Waals surface area (Å²) < 4.78 is 13.3. The van der Waals surface area contributed by atoms with Gasteiger partial charge in [0.05, 0.1) is 0 Å². The normalized spacial score (nSPS) is 19.8. The molecule has 3 nitrogen and oxygen atoms in total. The van der Waals surface area contributed by atoms with Crippen LogP contribution in [0.25, 0.3) is 0 Å². The molecule has 1 aliphatic carbocycles. The van der Waals surface area contributed by atoms with Crippen LogP contribution < -0.4 is 5.32 Å². The molecule has 4 heteroatoms. The Morgan fingerprint density at radius 1 is 1.29 bits per heavy atom. The van der Waals surface area contributed by atoms with Crippen molar-refractivity contribution in [2.45, 2.75) is 45.2 Å². The number of benzene rings is 1. The number of nitrogens with one attached hydrogen (secondary N) is 1. The molecule has 1 aliphatic heterocycles. The molecule has 0 aromatic heterocycles. The van der Waals surface area contributed by atoms with Gasteiger partial charge in [-0.1, -0.05) is 6.07 Å². The van der Waals surface area contributed by atoms with Gasteiger partial charge in [0.15, 0.2) is 0 Å². The average Bonchev–Trinajstić information content (AvgIpc) is 3.33. The fourth-order valence-electron chi connectivity index (χ4n) is 2.98. The average molecular weight is 290 g/mol. The van der Waals surface area contributed by atoms with E-state index in [-0.39, 0.29) is 5.82 Å².